The maximum absolute atomic E-state index is 12.3. The molecule has 136 valence electrons. The number of nitrogens with zero attached hydrogens (tertiary/aromatic N) is 2. The largest absolute Gasteiger partial charge is 0.491 e. The van der Waals surface area contributed by atoms with Crippen molar-refractivity contribution in [1.29, 1.82) is 0 Å². The summed E-state index contributed by atoms with van der Waals surface area (Å²) in [6, 6.07) is 9.05. The number of ether oxygens (including phenoxy) is 1. The summed E-state index contributed by atoms with van der Waals surface area (Å²) in [5.74, 6) is 0.698. The molecule has 0 fully saturated rings. The van der Waals surface area contributed by atoms with Crippen molar-refractivity contribution in [2.45, 2.75) is 45.8 Å². The molecule has 0 aliphatic carbocycles. The van der Waals surface area contributed by atoms with Gasteiger partial charge in [-0.05, 0) is 43.5 Å². The first-order valence-corrected chi connectivity index (χ1v) is 8.54. The summed E-state index contributed by atoms with van der Waals surface area (Å²) < 4.78 is 7.19. The van der Waals surface area contributed by atoms with Gasteiger partial charge in [0.25, 0.3) is 5.91 Å². The minimum atomic E-state index is -0.808. The zero-order valence-electron chi connectivity index (χ0n) is 15.5. The Bertz CT molecular complexity index is 722. The Kier molecular flexibility index (Phi) is 6.20. The zero-order valence-corrected chi connectivity index (χ0v) is 15.5. The van der Waals surface area contributed by atoms with E-state index in [9.17, 15) is 9.90 Å². The van der Waals surface area contributed by atoms with Crippen molar-refractivity contribution in [3.8, 4) is 5.75 Å². The topological polar surface area (TPSA) is 76.4 Å². The number of carbonyl (C=O) groups is 1. The van der Waals surface area contributed by atoms with Gasteiger partial charge in [0.15, 0.2) is 0 Å². The molecule has 6 nitrogen and oxygen atoms in total. The summed E-state index contributed by atoms with van der Waals surface area (Å²) in [5.41, 5.74) is 2.05. The second-order valence-corrected chi connectivity index (χ2v) is 6.70. The lowest BCUT2D eigenvalue weighted by molar-refractivity contribution is 0.0907. The fourth-order valence-corrected chi connectivity index (χ4v) is 2.45. The maximum Gasteiger partial charge on any atom is 0.269 e. The fourth-order valence-electron chi connectivity index (χ4n) is 2.45. The third-order valence-electron chi connectivity index (χ3n) is 3.79. The number of hydrogen-bond acceptors (Lipinski definition) is 4. The molecule has 1 amide bonds. The third kappa shape index (κ3) is 5.06. The van der Waals surface area contributed by atoms with Gasteiger partial charge in [0.05, 0.1) is 17.9 Å². The van der Waals surface area contributed by atoms with E-state index in [4.69, 9.17) is 4.74 Å². The summed E-state index contributed by atoms with van der Waals surface area (Å²) >= 11 is 0. The molecule has 0 aliphatic rings. The molecule has 6 heteroatoms. The van der Waals surface area contributed by atoms with Crippen LogP contribution in [0, 0.1) is 0 Å². The van der Waals surface area contributed by atoms with E-state index in [0.717, 1.165) is 5.69 Å². The van der Waals surface area contributed by atoms with Gasteiger partial charge in [-0.3, -0.25) is 9.48 Å². The predicted molar refractivity (Wildman–Crippen MR) is 96.8 cm³/mol. The molecule has 1 heterocycles. The molecule has 2 N–H and O–H groups in total. The number of hydrogen-bond donors (Lipinski definition) is 2. The van der Waals surface area contributed by atoms with Crippen LogP contribution < -0.4 is 10.1 Å². The zero-order chi connectivity index (χ0) is 18.6. The fraction of sp³-hybridized carbons (Fsp3) is 0.474. The van der Waals surface area contributed by atoms with E-state index in [1.54, 1.807) is 23.9 Å². The highest BCUT2D eigenvalue weighted by molar-refractivity contribution is 5.92. The van der Waals surface area contributed by atoms with Crippen molar-refractivity contribution in [1.82, 2.24) is 15.1 Å². The van der Waals surface area contributed by atoms with Crippen LogP contribution in [0.15, 0.2) is 30.3 Å². The first kappa shape index (κ1) is 19.0. The first-order valence-electron chi connectivity index (χ1n) is 8.54. The van der Waals surface area contributed by atoms with Crippen molar-refractivity contribution in [3.05, 3.63) is 47.3 Å². The van der Waals surface area contributed by atoms with Crippen molar-refractivity contribution in [2.75, 3.05) is 6.54 Å². The van der Waals surface area contributed by atoms with Gasteiger partial charge >= 0.3 is 0 Å². The summed E-state index contributed by atoms with van der Waals surface area (Å²) in [7, 11) is 1.74. The second kappa shape index (κ2) is 8.16. The number of amides is 1. The highest BCUT2D eigenvalue weighted by Gasteiger charge is 2.16. The molecule has 2 aromatic rings. The molecule has 1 aromatic heterocycles. The summed E-state index contributed by atoms with van der Waals surface area (Å²) in [4.78, 5) is 12.3. The van der Waals surface area contributed by atoms with Crippen LogP contribution in [0.5, 0.6) is 5.75 Å². The normalized spacial score (nSPS) is 12.5. The molecule has 2 rings (SSSR count). The van der Waals surface area contributed by atoms with Crippen LogP contribution >= 0.6 is 0 Å². The molecule has 1 unspecified atom stereocenters. The van der Waals surface area contributed by atoms with E-state index in [2.05, 4.69) is 10.4 Å². The predicted octanol–water partition coefficient (Wildman–Crippen LogP) is 2.79. The highest BCUT2D eigenvalue weighted by atomic mass is 16.5. The molecule has 0 saturated heterocycles. The Labute approximate surface area is 148 Å². The van der Waals surface area contributed by atoms with E-state index in [1.807, 2.05) is 45.9 Å². The number of benzene rings is 1. The van der Waals surface area contributed by atoms with Gasteiger partial charge in [-0.1, -0.05) is 26.0 Å². The molecule has 25 heavy (non-hydrogen) atoms. The minimum absolute atomic E-state index is 0.0621. The van der Waals surface area contributed by atoms with Crippen LogP contribution in [-0.4, -0.2) is 33.4 Å². The van der Waals surface area contributed by atoms with E-state index in [-0.39, 0.29) is 24.5 Å². The molecular weight excluding hydrogens is 318 g/mol. The van der Waals surface area contributed by atoms with Gasteiger partial charge in [0.1, 0.15) is 11.4 Å². The number of carbonyl (C=O) groups excluding carboxylic acids is 1. The Morgan fingerprint density at radius 3 is 2.60 bits per heavy atom. The van der Waals surface area contributed by atoms with Crippen LogP contribution in [-0.2, 0) is 7.05 Å². The Balaban J connectivity index is 1.99. The van der Waals surface area contributed by atoms with Crippen LogP contribution in [0.3, 0.4) is 0 Å². The molecule has 0 saturated carbocycles. The van der Waals surface area contributed by atoms with Gasteiger partial charge in [-0.15, -0.1) is 0 Å². The quantitative estimate of drug-likeness (QED) is 0.809. The van der Waals surface area contributed by atoms with Crippen LogP contribution in [0.1, 0.15) is 61.5 Å². The van der Waals surface area contributed by atoms with E-state index in [0.29, 0.717) is 17.0 Å². The molecule has 0 radical (unpaired) electrons. The molecule has 1 aromatic carbocycles. The van der Waals surface area contributed by atoms with Gasteiger partial charge in [-0.2, -0.15) is 5.10 Å². The lowest BCUT2D eigenvalue weighted by Crippen LogP contribution is -2.29. The van der Waals surface area contributed by atoms with Crippen molar-refractivity contribution < 1.29 is 14.6 Å². The maximum atomic E-state index is 12.3. The van der Waals surface area contributed by atoms with E-state index < -0.39 is 6.10 Å². The number of aliphatic hydroxyl groups excluding tert-OH is 1. The lowest BCUT2D eigenvalue weighted by Gasteiger charge is -2.15. The van der Waals surface area contributed by atoms with Gasteiger partial charge in [0, 0.05) is 13.6 Å². The van der Waals surface area contributed by atoms with Crippen molar-refractivity contribution in [3.63, 3.8) is 0 Å². The lowest BCUT2D eigenvalue weighted by atomic mass is 10.1. The number of nitrogens with one attached hydrogen (secondary N) is 1. The van der Waals surface area contributed by atoms with E-state index in [1.165, 1.54) is 0 Å². The average molecular weight is 345 g/mol. The van der Waals surface area contributed by atoms with Crippen LogP contribution in [0.25, 0.3) is 0 Å². The number of aliphatic hydroxyl groups is 1. The number of aromatic nitrogens is 2. The number of aryl methyl sites for hydroxylation is 1. The molecule has 0 aliphatic heterocycles. The van der Waals surface area contributed by atoms with Gasteiger partial charge in [-0.25, -0.2) is 0 Å². The Morgan fingerprint density at radius 1 is 1.28 bits per heavy atom. The minimum Gasteiger partial charge on any atom is -0.491 e. The van der Waals surface area contributed by atoms with Gasteiger partial charge < -0.3 is 15.2 Å². The van der Waals surface area contributed by atoms with Crippen LogP contribution in [0.4, 0.5) is 0 Å². The second-order valence-electron chi connectivity index (χ2n) is 6.70. The van der Waals surface area contributed by atoms with Crippen LogP contribution in [0.2, 0.25) is 0 Å². The summed E-state index contributed by atoms with van der Waals surface area (Å²) in [5, 5.41) is 17.4. The monoisotopic (exact) mass is 345 g/mol. The number of rotatable bonds is 7. The molecule has 1 atom stereocenters. The SMILES string of the molecule is CC(C)Oc1cccc(C(O)CNC(=O)c2cc(C(C)C)nn2C)c1. The average Bonchev–Trinajstić information content (AvgIpc) is 2.94. The smallest absolute Gasteiger partial charge is 0.269 e. The Morgan fingerprint density at radius 2 is 2.00 bits per heavy atom. The first-order chi connectivity index (χ1) is 11.8. The van der Waals surface area contributed by atoms with Crippen molar-refractivity contribution in [2.24, 2.45) is 7.05 Å². The van der Waals surface area contributed by atoms with E-state index >= 15 is 0 Å². The molecular formula is C19H27N3O3. The molecule has 0 bridgehead atoms. The third-order valence-corrected chi connectivity index (χ3v) is 3.79. The molecule has 0 spiro atoms. The highest BCUT2D eigenvalue weighted by Crippen LogP contribution is 2.20. The van der Waals surface area contributed by atoms with Gasteiger partial charge in [0.2, 0.25) is 0 Å². The summed E-state index contributed by atoms with van der Waals surface area (Å²) in [6.07, 6.45) is -0.746. The standard InChI is InChI=1S/C19H27N3O3/c1-12(2)16-10-17(22(5)21-16)19(24)20-11-18(23)14-7-6-8-15(9-14)25-13(3)4/h6-10,12-13,18,23H,11H2,1-5H3,(H,20,24). The van der Waals surface area contributed by atoms with Crippen molar-refractivity contribution >= 4 is 5.91 Å². The Hall–Kier alpha value is -2.34. The summed E-state index contributed by atoms with van der Waals surface area (Å²) in [6.45, 7) is 8.07.